The van der Waals surface area contributed by atoms with E-state index >= 15 is 0 Å². The van der Waals surface area contributed by atoms with Gasteiger partial charge in [0.1, 0.15) is 0 Å². The predicted molar refractivity (Wildman–Crippen MR) is 90.9 cm³/mol. The van der Waals surface area contributed by atoms with Crippen molar-refractivity contribution in [2.45, 2.75) is 86.7 Å². The molecule has 2 rings (SSSR count). The number of anilines is 1. The van der Waals surface area contributed by atoms with Crippen molar-refractivity contribution in [1.29, 1.82) is 0 Å². The molecule has 0 unspecified atom stereocenters. The Hall–Kier alpha value is -0.990. The first-order chi connectivity index (χ1) is 9.51. The first kappa shape index (κ1) is 16.4. The Bertz CT molecular complexity index is 493. The van der Waals surface area contributed by atoms with E-state index in [1.54, 1.807) is 0 Å². The monoisotopic (exact) mass is 291 g/mol. The van der Waals surface area contributed by atoms with E-state index in [0.717, 1.165) is 5.69 Å². The van der Waals surface area contributed by atoms with E-state index in [4.69, 9.17) is 5.10 Å². The van der Waals surface area contributed by atoms with E-state index in [0.29, 0.717) is 22.9 Å². The smallest absolute Gasteiger partial charge is 0.0828 e. The fourth-order valence-electron chi connectivity index (χ4n) is 4.53. The molecule has 0 radical (unpaired) electrons. The van der Waals surface area contributed by atoms with E-state index in [9.17, 15) is 0 Å². The molecule has 3 heteroatoms. The Kier molecular flexibility index (Phi) is 4.16. The SMILES string of the molecule is Cc1nn(C(C)C)c(C)c1NC1CC(C)(C)CC(C)(C)C1. The molecule has 0 saturated heterocycles. The van der Waals surface area contributed by atoms with Crippen LogP contribution < -0.4 is 5.32 Å². The van der Waals surface area contributed by atoms with Crippen LogP contribution in [-0.2, 0) is 0 Å². The van der Waals surface area contributed by atoms with Gasteiger partial charge in [-0.1, -0.05) is 27.7 Å². The summed E-state index contributed by atoms with van der Waals surface area (Å²) in [7, 11) is 0. The van der Waals surface area contributed by atoms with Crippen LogP contribution in [0.2, 0.25) is 0 Å². The molecule has 1 fully saturated rings. The Labute approximate surface area is 130 Å². The highest BCUT2D eigenvalue weighted by molar-refractivity contribution is 5.53. The minimum absolute atomic E-state index is 0.412. The number of hydrogen-bond donors (Lipinski definition) is 1. The largest absolute Gasteiger partial charge is 0.379 e. The molecule has 0 atom stereocenters. The van der Waals surface area contributed by atoms with Gasteiger partial charge in [0.05, 0.1) is 17.1 Å². The maximum absolute atomic E-state index is 4.70. The standard InChI is InChI=1S/C18H33N3/c1-12(2)21-14(4)16(13(3)20-21)19-15-9-17(5,6)11-18(7,8)10-15/h12,15,19H,9-11H2,1-8H3. The highest BCUT2D eigenvalue weighted by Gasteiger charge is 2.38. The lowest BCUT2D eigenvalue weighted by molar-refractivity contribution is 0.105. The summed E-state index contributed by atoms with van der Waals surface area (Å²) in [6.07, 6.45) is 3.78. The molecule has 0 amide bonds. The van der Waals surface area contributed by atoms with Crippen LogP contribution in [0.5, 0.6) is 0 Å². The molecule has 1 aromatic rings. The average molecular weight is 291 g/mol. The zero-order chi connectivity index (χ0) is 16.0. The van der Waals surface area contributed by atoms with Gasteiger partial charge in [-0.3, -0.25) is 4.68 Å². The van der Waals surface area contributed by atoms with Crippen molar-refractivity contribution in [3.63, 3.8) is 0 Å². The summed E-state index contributed by atoms with van der Waals surface area (Å²) in [5, 5.41) is 8.52. The zero-order valence-electron chi connectivity index (χ0n) is 15.2. The van der Waals surface area contributed by atoms with Crippen molar-refractivity contribution in [2.24, 2.45) is 10.8 Å². The van der Waals surface area contributed by atoms with Crippen LogP contribution in [0.4, 0.5) is 5.69 Å². The highest BCUT2D eigenvalue weighted by Crippen LogP contribution is 2.46. The minimum Gasteiger partial charge on any atom is -0.379 e. The van der Waals surface area contributed by atoms with Gasteiger partial charge in [-0.2, -0.15) is 5.10 Å². The second-order valence-corrected chi connectivity index (χ2v) is 8.84. The normalized spacial score (nSPS) is 21.8. The van der Waals surface area contributed by atoms with E-state index < -0.39 is 0 Å². The summed E-state index contributed by atoms with van der Waals surface area (Å²) < 4.78 is 2.14. The van der Waals surface area contributed by atoms with Crippen LogP contribution >= 0.6 is 0 Å². The molecule has 21 heavy (non-hydrogen) atoms. The van der Waals surface area contributed by atoms with Gasteiger partial charge in [-0.25, -0.2) is 0 Å². The van der Waals surface area contributed by atoms with Gasteiger partial charge in [0.15, 0.2) is 0 Å². The van der Waals surface area contributed by atoms with Crippen molar-refractivity contribution in [1.82, 2.24) is 9.78 Å². The first-order valence-corrected chi connectivity index (χ1v) is 8.33. The predicted octanol–water partition coefficient (Wildman–Crippen LogP) is 5.10. The number of nitrogens with zero attached hydrogens (tertiary/aromatic N) is 2. The van der Waals surface area contributed by atoms with Crippen molar-refractivity contribution in [2.75, 3.05) is 5.32 Å². The van der Waals surface area contributed by atoms with E-state index in [1.807, 2.05) is 0 Å². The van der Waals surface area contributed by atoms with E-state index in [-0.39, 0.29) is 0 Å². The molecule has 0 bridgehead atoms. The molecule has 1 aliphatic rings. The summed E-state index contributed by atoms with van der Waals surface area (Å²) in [6, 6.07) is 0.962. The Morgan fingerprint density at radius 3 is 2.05 bits per heavy atom. The second-order valence-electron chi connectivity index (χ2n) is 8.84. The summed E-state index contributed by atoms with van der Waals surface area (Å²) in [5.74, 6) is 0. The fourth-order valence-corrected chi connectivity index (χ4v) is 4.53. The van der Waals surface area contributed by atoms with Crippen molar-refractivity contribution in [3.8, 4) is 0 Å². The maximum atomic E-state index is 4.70. The molecule has 0 aromatic carbocycles. The van der Waals surface area contributed by atoms with E-state index in [2.05, 4.69) is 65.4 Å². The van der Waals surface area contributed by atoms with Gasteiger partial charge >= 0.3 is 0 Å². The molecule has 1 N–H and O–H groups in total. The number of rotatable bonds is 3. The number of aromatic nitrogens is 2. The Morgan fingerprint density at radius 2 is 1.62 bits per heavy atom. The lowest BCUT2D eigenvalue weighted by atomic mass is 9.63. The molecular formula is C18H33N3. The van der Waals surface area contributed by atoms with Crippen LogP contribution in [-0.4, -0.2) is 15.8 Å². The summed E-state index contributed by atoms with van der Waals surface area (Å²) >= 11 is 0. The molecule has 1 heterocycles. The third-order valence-electron chi connectivity index (χ3n) is 4.72. The van der Waals surface area contributed by atoms with Gasteiger partial charge in [-0.05, 0) is 57.8 Å². The average Bonchev–Trinajstić information content (AvgIpc) is 2.52. The van der Waals surface area contributed by atoms with Crippen molar-refractivity contribution < 1.29 is 0 Å². The van der Waals surface area contributed by atoms with Crippen LogP contribution in [0, 0.1) is 24.7 Å². The maximum Gasteiger partial charge on any atom is 0.0828 e. The van der Waals surface area contributed by atoms with Gasteiger partial charge < -0.3 is 5.32 Å². The molecule has 0 spiro atoms. The minimum atomic E-state index is 0.412. The Balaban J connectivity index is 2.22. The van der Waals surface area contributed by atoms with Gasteiger partial charge in [0.2, 0.25) is 0 Å². The van der Waals surface area contributed by atoms with Gasteiger partial charge in [0.25, 0.3) is 0 Å². The van der Waals surface area contributed by atoms with Gasteiger partial charge in [-0.15, -0.1) is 0 Å². The third-order valence-corrected chi connectivity index (χ3v) is 4.72. The summed E-state index contributed by atoms with van der Waals surface area (Å²) in [4.78, 5) is 0. The number of hydrogen-bond acceptors (Lipinski definition) is 2. The van der Waals surface area contributed by atoms with Crippen molar-refractivity contribution in [3.05, 3.63) is 11.4 Å². The van der Waals surface area contributed by atoms with E-state index in [1.165, 1.54) is 30.6 Å². The number of aryl methyl sites for hydroxylation is 1. The second kappa shape index (κ2) is 5.33. The third kappa shape index (κ3) is 3.61. The number of nitrogens with one attached hydrogen (secondary N) is 1. The molecule has 1 saturated carbocycles. The zero-order valence-corrected chi connectivity index (χ0v) is 15.2. The fraction of sp³-hybridized carbons (Fsp3) is 0.833. The molecule has 0 aliphatic heterocycles. The quantitative estimate of drug-likeness (QED) is 0.840. The van der Waals surface area contributed by atoms with Crippen LogP contribution in [0.15, 0.2) is 0 Å². The molecule has 1 aliphatic carbocycles. The molecule has 1 aromatic heterocycles. The lowest BCUT2D eigenvalue weighted by Gasteiger charge is -2.45. The summed E-state index contributed by atoms with van der Waals surface area (Å²) in [6.45, 7) is 18.3. The summed E-state index contributed by atoms with van der Waals surface area (Å²) in [5.41, 5.74) is 4.47. The van der Waals surface area contributed by atoms with Crippen LogP contribution in [0.3, 0.4) is 0 Å². The first-order valence-electron chi connectivity index (χ1n) is 8.33. The van der Waals surface area contributed by atoms with Crippen LogP contribution in [0.25, 0.3) is 0 Å². The van der Waals surface area contributed by atoms with Crippen LogP contribution in [0.1, 0.15) is 78.2 Å². The topological polar surface area (TPSA) is 29.9 Å². The molecule has 3 nitrogen and oxygen atoms in total. The van der Waals surface area contributed by atoms with Gasteiger partial charge in [0, 0.05) is 12.1 Å². The Morgan fingerprint density at radius 1 is 1.10 bits per heavy atom. The molecule has 120 valence electrons. The molecular weight excluding hydrogens is 258 g/mol. The highest BCUT2D eigenvalue weighted by atomic mass is 15.3. The van der Waals surface area contributed by atoms with Crippen molar-refractivity contribution >= 4 is 5.69 Å². The lowest BCUT2D eigenvalue weighted by Crippen LogP contribution is -2.40.